The Morgan fingerprint density at radius 2 is 1.80 bits per heavy atom. The van der Waals surface area contributed by atoms with E-state index in [4.69, 9.17) is 0 Å². The number of nitrogens with zero attached hydrogens (tertiary/aromatic N) is 3. The first-order chi connectivity index (χ1) is 13.6. The van der Waals surface area contributed by atoms with Gasteiger partial charge in [-0.25, -0.2) is 0 Å². The normalized spacial score (nSPS) is 17.4. The van der Waals surface area contributed by atoms with Crippen molar-refractivity contribution in [2.24, 2.45) is 0 Å². The minimum atomic E-state index is -0.361. The quantitative estimate of drug-likeness (QED) is 0.707. The number of carbonyl (C=O) groups excluding carboxylic acids is 3. The van der Waals surface area contributed by atoms with E-state index in [1.54, 1.807) is 42.7 Å². The van der Waals surface area contributed by atoms with Gasteiger partial charge in [-0.15, -0.1) is 24.8 Å². The number of imide groups is 1. The first kappa shape index (κ1) is 23.8. The van der Waals surface area contributed by atoms with E-state index in [1.165, 1.54) is 4.90 Å². The van der Waals surface area contributed by atoms with Gasteiger partial charge in [-0.05, 0) is 55.8 Å². The summed E-state index contributed by atoms with van der Waals surface area (Å²) in [4.78, 5) is 45.5. The predicted molar refractivity (Wildman–Crippen MR) is 117 cm³/mol. The Bertz CT molecular complexity index is 939. The maximum absolute atomic E-state index is 13.0. The lowest BCUT2D eigenvalue weighted by Gasteiger charge is -2.24. The van der Waals surface area contributed by atoms with Crippen LogP contribution >= 0.6 is 24.8 Å². The molecule has 0 radical (unpaired) electrons. The predicted octanol–water partition coefficient (Wildman–Crippen LogP) is 2.55. The number of likely N-dealkylation sites (tertiary alicyclic amines) is 1. The van der Waals surface area contributed by atoms with Crippen molar-refractivity contribution in [3.05, 3.63) is 65.0 Å². The van der Waals surface area contributed by atoms with E-state index >= 15 is 0 Å². The Kier molecular flexibility index (Phi) is 7.95. The zero-order valence-corrected chi connectivity index (χ0v) is 18.2. The van der Waals surface area contributed by atoms with Crippen LogP contribution in [0.1, 0.15) is 49.5 Å². The van der Waals surface area contributed by atoms with Gasteiger partial charge in [0.15, 0.2) is 0 Å². The molecule has 1 unspecified atom stereocenters. The lowest BCUT2D eigenvalue weighted by molar-refractivity contribution is 0.0641. The summed E-state index contributed by atoms with van der Waals surface area (Å²) in [6.45, 7) is 1.64. The zero-order chi connectivity index (χ0) is 19.7. The highest BCUT2D eigenvalue weighted by molar-refractivity contribution is 6.22. The first-order valence-corrected chi connectivity index (χ1v) is 9.45. The van der Waals surface area contributed by atoms with Crippen molar-refractivity contribution in [3.63, 3.8) is 0 Å². The molecular formula is C21H24Cl2N4O3. The SMILES string of the molecule is CNCC1CCCN1C(=O)c1ccc2c(c1)C(=O)N(Cc1ccncc1)C2=O.Cl.Cl. The van der Waals surface area contributed by atoms with Crippen molar-refractivity contribution >= 4 is 42.5 Å². The summed E-state index contributed by atoms with van der Waals surface area (Å²) in [5, 5.41) is 3.13. The molecule has 3 heterocycles. The van der Waals surface area contributed by atoms with E-state index in [0.717, 1.165) is 24.9 Å². The zero-order valence-electron chi connectivity index (χ0n) is 16.5. The number of carbonyl (C=O) groups is 3. The summed E-state index contributed by atoms with van der Waals surface area (Å²) < 4.78 is 0. The number of benzene rings is 1. The van der Waals surface area contributed by atoms with Crippen molar-refractivity contribution in [2.75, 3.05) is 20.1 Å². The Hall–Kier alpha value is -2.48. The summed E-state index contributed by atoms with van der Waals surface area (Å²) in [6, 6.07) is 8.52. The van der Waals surface area contributed by atoms with Crippen LogP contribution < -0.4 is 5.32 Å². The van der Waals surface area contributed by atoms with Crippen LogP contribution in [-0.4, -0.2) is 58.7 Å². The van der Waals surface area contributed by atoms with Crippen molar-refractivity contribution < 1.29 is 14.4 Å². The van der Waals surface area contributed by atoms with Gasteiger partial charge < -0.3 is 10.2 Å². The van der Waals surface area contributed by atoms with Gasteiger partial charge in [-0.2, -0.15) is 0 Å². The van der Waals surface area contributed by atoms with E-state index in [1.807, 2.05) is 11.9 Å². The molecule has 1 aromatic carbocycles. The summed E-state index contributed by atoms with van der Waals surface area (Å²) in [5.74, 6) is -0.780. The van der Waals surface area contributed by atoms with E-state index in [0.29, 0.717) is 23.2 Å². The summed E-state index contributed by atoms with van der Waals surface area (Å²) >= 11 is 0. The lowest BCUT2D eigenvalue weighted by Crippen LogP contribution is -2.40. The van der Waals surface area contributed by atoms with E-state index in [9.17, 15) is 14.4 Å². The molecule has 1 fully saturated rings. The van der Waals surface area contributed by atoms with Crippen molar-refractivity contribution in [3.8, 4) is 0 Å². The lowest BCUT2D eigenvalue weighted by atomic mass is 10.0. The van der Waals surface area contributed by atoms with Crippen LogP contribution in [0.25, 0.3) is 0 Å². The number of nitrogens with one attached hydrogen (secondary N) is 1. The number of pyridine rings is 1. The average Bonchev–Trinajstić information content (AvgIpc) is 3.27. The maximum atomic E-state index is 13.0. The third kappa shape index (κ3) is 4.33. The Balaban J connectivity index is 0.00000160. The molecule has 9 heteroatoms. The fraction of sp³-hybridized carbons (Fsp3) is 0.333. The van der Waals surface area contributed by atoms with Gasteiger partial charge in [-0.1, -0.05) is 0 Å². The van der Waals surface area contributed by atoms with Gasteiger partial charge in [0.1, 0.15) is 0 Å². The highest BCUT2D eigenvalue weighted by Crippen LogP contribution is 2.27. The molecule has 0 spiro atoms. The van der Waals surface area contributed by atoms with Crippen LogP contribution in [0.5, 0.6) is 0 Å². The van der Waals surface area contributed by atoms with Crippen LogP contribution in [-0.2, 0) is 6.54 Å². The van der Waals surface area contributed by atoms with Gasteiger partial charge in [0.2, 0.25) is 0 Å². The molecule has 1 atom stereocenters. The van der Waals surface area contributed by atoms with Crippen LogP contribution in [0.4, 0.5) is 0 Å². The number of hydrogen-bond acceptors (Lipinski definition) is 5. The molecule has 2 aliphatic heterocycles. The molecule has 30 heavy (non-hydrogen) atoms. The van der Waals surface area contributed by atoms with Gasteiger partial charge in [0.25, 0.3) is 17.7 Å². The topological polar surface area (TPSA) is 82.6 Å². The summed E-state index contributed by atoms with van der Waals surface area (Å²) in [6.07, 6.45) is 5.19. The Morgan fingerprint density at radius 1 is 1.10 bits per heavy atom. The van der Waals surface area contributed by atoms with Gasteiger partial charge in [0.05, 0.1) is 17.7 Å². The second kappa shape index (κ2) is 10.0. The average molecular weight is 451 g/mol. The Labute approximate surface area is 187 Å². The fourth-order valence-electron chi connectivity index (χ4n) is 3.95. The van der Waals surface area contributed by atoms with Gasteiger partial charge in [0, 0.05) is 37.1 Å². The number of hydrogen-bond donors (Lipinski definition) is 1. The number of amides is 3. The van der Waals surface area contributed by atoms with Crippen LogP contribution in [0, 0.1) is 0 Å². The molecule has 2 aliphatic rings. The largest absolute Gasteiger partial charge is 0.334 e. The molecule has 3 amide bonds. The number of halogens is 2. The van der Waals surface area contributed by atoms with E-state index < -0.39 is 0 Å². The molecule has 2 aromatic rings. The third-order valence-electron chi connectivity index (χ3n) is 5.39. The first-order valence-electron chi connectivity index (χ1n) is 9.45. The van der Waals surface area contributed by atoms with Crippen LogP contribution in [0.15, 0.2) is 42.7 Å². The van der Waals surface area contributed by atoms with Crippen LogP contribution in [0.2, 0.25) is 0 Å². The molecule has 4 rings (SSSR count). The Morgan fingerprint density at radius 3 is 2.50 bits per heavy atom. The van der Waals surface area contributed by atoms with Crippen molar-refractivity contribution in [2.45, 2.75) is 25.4 Å². The molecule has 0 bridgehead atoms. The molecule has 0 saturated carbocycles. The minimum Gasteiger partial charge on any atom is -0.334 e. The molecule has 160 valence electrons. The van der Waals surface area contributed by atoms with Crippen LogP contribution in [0.3, 0.4) is 0 Å². The van der Waals surface area contributed by atoms with E-state index in [2.05, 4.69) is 10.3 Å². The molecule has 1 aromatic heterocycles. The monoisotopic (exact) mass is 450 g/mol. The van der Waals surface area contributed by atoms with Crippen molar-refractivity contribution in [1.82, 2.24) is 20.1 Å². The number of aromatic nitrogens is 1. The fourth-order valence-corrected chi connectivity index (χ4v) is 3.95. The smallest absolute Gasteiger partial charge is 0.261 e. The molecule has 0 aliphatic carbocycles. The molecule has 7 nitrogen and oxygen atoms in total. The number of fused-ring (bicyclic) bond motifs is 1. The summed E-state index contributed by atoms with van der Waals surface area (Å²) in [5.41, 5.74) is 1.93. The molecular weight excluding hydrogens is 427 g/mol. The number of likely N-dealkylation sites (N-methyl/N-ethyl adjacent to an activating group) is 1. The van der Waals surface area contributed by atoms with E-state index in [-0.39, 0.29) is 55.1 Å². The minimum absolute atomic E-state index is 0. The maximum Gasteiger partial charge on any atom is 0.261 e. The number of rotatable bonds is 5. The second-order valence-electron chi connectivity index (χ2n) is 7.16. The highest BCUT2D eigenvalue weighted by Gasteiger charge is 2.37. The highest BCUT2D eigenvalue weighted by atomic mass is 35.5. The van der Waals surface area contributed by atoms with Gasteiger partial charge in [-0.3, -0.25) is 24.3 Å². The molecule has 1 N–H and O–H groups in total. The third-order valence-corrected chi connectivity index (χ3v) is 5.39. The standard InChI is InChI=1S/C21H22N4O3.2ClH/c1-22-12-16-3-2-10-24(16)19(26)15-4-5-17-18(11-15)21(28)25(20(17)27)13-14-6-8-23-9-7-14;;/h4-9,11,16,22H,2-3,10,12-13H2,1H3;2*1H. The second-order valence-corrected chi connectivity index (χ2v) is 7.16. The summed E-state index contributed by atoms with van der Waals surface area (Å²) in [7, 11) is 1.87. The molecule has 1 saturated heterocycles. The van der Waals surface area contributed by atoms with Crippen molar-refractivity contribution in [1.29, 1.82) is 0 Å². The van der Waals surface area contributed by atoms with Gasteiger partial charge >= 0.3 is 0 Å².